The highest BCUT2D eigenvalue weighted by molar-refractivity contribution is 5.91. The highest BCUT2D eigenvalue weighted by Crippen LogP contribution is 2.26. The first-order chi connectivity index (χ1) is 11.5. The molecule has 1 saturated heterocycles. The zero-order valence-corrected chi connectivity index (χ0v) is 13.2. The molecule has 0 atom stereocenters. The second-order valence-electron chi connectivity index (χ2n) is 6.15. The molecule has 0 unspecified atom stereocenters. The van der Waals surface area contributed by atoms with Crippen molar-refractivity contribution in [3.05, 3.63) is 59.4 Å². The van der Waals surface area contributed by atoms with Crippen molar-refractivity contribution in [2.24, 2.45) is 11.7 Å². The van der Waals surface area contributed by atoms with Crippen molar-refractivity contribution in [3.8, 4) is 0 Å². The molecule has 3 rings (SSSR count). The van der Waals surface area contributed by atoms with Gasteiger partial charge in [-0.1, -0.05) is 6.07 Å². The monoisotopic (exact) mass is 331 g/mol. The van der Waals surface area contributed by atoms with Gasteiger partial charge in [0.25, 0.3) is 5.91 Å². The molecule has 126 valence electrons. The second kappa shape index (κ2) is 6.95. The van der Waals surface area contributed by atoms with E-state index in [0.29, 0.717) is 5.92 Å². The second-order valence-corrected chi connectivity index (χ2v) is 6.15. The number of nitrogens with two attached hydrogens (primary N) is 1. The number of nitrogens with zero attached hydrogens (tertiary/aromatic N) is 2. The van der Waals surface area contributed by atoms with Crippen molar-refractivity contribution in [1.82, 2.24) is 4.98 Å². The summed E-state index contributed by atoms with van der Waals surface area (Å²) in [6.45, 7) is 1.69. The summed E-state index contributed by atoms with van der Waals surface area (Å²) in [6, 6.07) is 7.68. The fourth-order valence-corrected chi connectivity index (χ4v) is 3.15. The first-order valence-corrected chi connectivity index (χ1v) is 7.97. The molecule has 0 spiro atoms. The quantitative estimate of drug-likeness (QED) is 0.937. The Kier molecular flexibility index (Phi) is 4.74. The normalized spacial score (nSPS) is 15.5. The minimum Gasteiger partial charge on any atom is -0.371 e. The average molecular weight is 331 g/mol. The average Bonchev–Trinajstić information content (AvgIpc) is 2.59. The number of hydrogen-bond donors (Lipinski definition) is 1. The number of hydrogen-bond acceptors (Lipinski definition) is 3. The molecule has 0 aliphatic carbocycles. The number of halogens is 2. The lowest BCUT2D eigenvalue weighted by atomic mass is 9.90. The van der Waals surface area contributed by atoms with Gasteiger partial charge in [0.15, 0.2) is 11.6 Å². The van der Waals surface area contributed by atoms with Gasteiger partial charge in [-0.25, -0.2) is 8.78 Å². The van der Waals surface area contributed by atoms with Gasteiger partial charge in [0.1, 0.15) is 5.69 Å². The summed E-state index contributed by atoms with van der Waals surface area (Å²) in [7, 11) is 0. The van der Waals surface area contributed by atoms with Crippen LogP contribution in [0.2, 0.25) is 0 Å². The van der Waals surface area contributed by atoms with Crippen molar-refractivity contribution in [2.45, 2.75) is 19.3 Å². The van der Waals surface area contributed by atoms with Crippen LogP contribution in [0, 0.1) is 17.6 Å². The molecule has 1 aromatic carbocycles. The summed E-state index contributed by atoms with van der Waals surface area (Å²) in [5.41, 5.74) is 7.29. The Hall–Kier alpha value is -2.50. The Bertz CT molecular complexity index is 743. The lowest BCUT2D eigenvalue weighted by molar-refractivity contribution is 0.0995. The molecule has 2 aromatic rings. The summed E-state index contributed by atoms with van der Waals surface area (Å²) < 4.78 is 26.3. The standard InChI is InChI=1S/C18H19F2N3O/c19-15-2-1-13(10-16(15)20)9-12-4-7-23(8-5-12)14-3-6-22-17(11-14)18(21)24/h1-3,6,10-12H,4-5,7-9H2,(H2,21,24). The molecule has 1 amide bonds. The maximum Gasteiger partial charge on any atom is 0.267 e. The van der Waals surface area contributed by atoms with Crippen LogP contribution in [0.15, 0.2) is 36.5 Å². The number of carbonyl (C=O) groups is 1. The molecule has 1 aromatic heterocycles. The van der Waals surface area contributed by atoms with Gasteiger partial charge in [0.05, 0.1) is 0 Å². The van der Waals surface area contributed by atoms with Crippen molar-refractivity contribution >= 4 is 11.6 Å². The topological polar surface area (TPSA) is 59.2 Å². The molecule has 0 radical (unpaired) electrons. The van der Waals surface area contributed by atoms with Gasteiger partial charge < -0.3 is 10.6 Å². The summed E-state index contributed by atoms with van der Waals surface area (Å²) in [4.78, 5) is 17.4. The van der Waals surface area contributed by atoms with Crippen LogP contribution in [0.3, 0.4) is 0 Å². The number of aromatic nitrogens is 1. The summed E-state index contributed by atoms with van der Waals surface area (Å²) in [6.07, 6.45) is 4.23. The number of anilines is 1. The van der Waals surface area contributed by atoms with Crippen LogP contribution in [-0.2, 0) is 6.42 Å². The fourth-order valence-electron chi connectivity index (χ4n) is 3.15. The van der Waals surface area contributed by atoms with Crippen molar-refractivity contribution in [2.75, 3.05) is 18.0 Å². The van der Waals surface area contributed by atoms with Crippen LogP contribution in [0.4, 0.5) is 14.5 Å². The van der Waals surface area contributed by atoms with Crippen LogP contribution >= 0.6 is 0 Å². The number of rotatable bonds is 4. The lowest BCUT2D eigenvalue weighted by Gasteiger charge is -2.33. The van der Waals surface area contributed by atoms with E-state index in [1.807, 2.05) is 6.07 Å². The van der Waals surface area contributed by atoms with E-state index in [9.17, 15) is 13.6 Å². The predicted molar refractivity (Wildman–Crippen MR) is 87.8 cm³/mol. The fraction of sp³-hybridized carbons (Fsp3) is 0.333. The summed E-state index contributed by atoms with van der Waals surface area (Å²) >= 11 is 0. The number of amides is 1. The number of benzene rings is 1. The molecule has 0 bridgehead atoms. The van der Waals surface area contributed by atoms with Crippen LogP contribution < -0.4 is 10.6 Å². The van der Waals surface area contributed by atoms with Crippen molar-refractivity contribution < 1.29 is 13.6 Å². The first kappa shape index (κ1) is 16.4. The van der Waals surface area contributed by atoms with Gasteiger partial charge >= 0.3 is 0 Å². The van der Waals surface area contributed by atoms with Crippen LogP contribution in [0.25, 0.3) is 0 Å². The molecule has 0 saturated carbocycles. The molecule has 4 nitrogen and oxygen atoms in total. The largest absolute Gasteiger partial charge is 0.371 e. The Morgan fingerprint density at radius 3 is 2.58 bits per heavy atom. The van der Waals surface area contributed by atoms with Gasteiger partial charge in [0, 0.05) is 25.0 Å². The maximum absolute atomic E-state index is 13.3. The first-order valence-electron chi connectivity index (χ1n) is 7.97. The third kappa shape index (κ3) is 3.69. The Morgan fingerprint density at radius 2 is 1.92 bits per heavy atom. The van der Waals surface area contributed by atoms with Crippen LogP contribution in [0.1, 0.15) is 28.9 Å². The van der Waals surface area contributed by atoms with E-state index >= 15 is 0 Å². The number of primary amides is 1. The maximum atomic E-state index is 13.3. The predicted octanol–water partition coefficient (Wildman–Crippen LogP) is 2.92. The van der Waals surface area contributed by atoms with E-state index in [4.69, 9.17) is 5.73 Å². The Morgan fingerprint density at radius 1 is 1.17 bits per heavy atom. The van der Waals surface area contributed by atoms with Crippen LogP contribution in [0.5, 0.6) is 0 Å². The van der Waals surface area contributed by atoms with Gasteiger partial charge in [0.2, 0.25) is 0 Å². The summed E-state index contributed by atoms with van der Waals surface area (Å²) in [5.74, 6) is -1.70. The SMILES string of the molecule is NC(=O)c1cc(N2CCC(Cc3ccc(F)c(F)c3)CC2)ccn1. The smallest absolute Gasteiger partial charge is 0.267 e. The zero-order chi connectivity index (χ0) is 17.1. The van der Waals surface area contributed by atoms with E-state index in [0.717, 1.165) is 43.6 Å². The van der Waals surface area contributed by atoms with Gasteiger partial charge in [-0.05, 0) is 55.0 Å². The molecule has 24 heavy (non-hydrogen) atoms. The molecule has 1 fully saturated rings. The van der Waals surface area contributed by atoms with E-state index < -0.39 is 17.5 Å². The van der Waals surface area contributed by atoms with Crippen LogP contribution in [-0.4, -0.2) is 24.0 Å². The zero-order valence-electron chi connectivity index (χ0n) is 13.2. The number of pyridine rings is 1. The molecule has 1 aliphatic heterocycles. The minimum atomic E-state index is -0.809. The highest BCUT2D eigenvalue weighted by atomic mass is 19.2. The third-order valence-electron chi connectivity index (χ3n) is 4.48. The van der Waals surface area contributed by atoms with Crippen molar-refractivity contribution in [3.63, 3.8) is 0 Å². The van der Waals surface area contributed by atoms with Gasteiger partial charge in [-0.2, -0.15) is 0 Å². The summed E-state index contributed by atoms with van der Waals surface area (Å²) in [5, 5.41) is 0. The highest BCUT2D eigenvalue weighted by Gasteiger charge is 2.21. The molecule has 6 heteroatoms. The van der Waals surface area contributed by atoms with E-state index in [-0.39, 0.29) is 5.69 Å². The Labute approximate surface area is 139 Å². The third-order valence-corrected chi connectivity index (χ3v) is 4.48. The number of carbonyl (C=O) groups excluding carboxylic acids is 1. The minimum absolute atomic E-state index is 0.261. The number of piperidine rings is 1. The molecule has 2 N–H and O–H groups in total. The molecule has 1 aliphatic rings. The molecular formula is C18H19F2N3O. The molecule has 2 heterocycles. The lowest BCUT2D eigenvalue weighted by Crippen LogP contribution is -2.34. The Balaban J connectivity index is 1.60. The van der Waals surface area contributed by atoms with E-state index in [1.165, 1.54) is 12.1 Å². The van der Waals surface area contributed by atoms with E-state index in [1.54, 1.807) is 18.3 Å². The van der Waals surface area contributed by atoms with Crippen molar-refractivity contribution in [1.29, 1.82) is 0 Å². The molecular weight excluding hydrogens is 312 g/mol. The van der Waals surface area contributed by atoms with E-state index in [2.05, 4.69) is 9.88 Å². The van der Waals surface area contributed by atoms with Gasteiger partial charge in [-0.3, -0.25) is 9.78 Å². The van der Waals surface area contributed by atoms with Gasteiger partial charge in [-0.15, -0.1) is 0 Å².